The quantitative estimate of drug-likeness (QED) is 0.556. The highest BCUT2D eigenvalue weighted by Crippen LogP contribution is 2.33. The fourth-order valence-corrected chi connectivity index (χ4v) is 2.26. The molecule has 1 aromatic carbocycles. The van der Waals surface area contributed by atoms with Gasteiger partial charge in [-0.25, -0.2) is 4.98 Å². The van der Waals surface area contributed by atoms with Gasteiger partial charge in [0.1, 0.15) is 22.7 Å². The number of pyridine rings is 1. The van der Waals surface area contributed by atoms with Crippen LogP contribution in [0.4, 0.5) is 0 Å². The van der Waals surface area contributed by atoms with Crippen LogP contribution in [-0.2, 0) is 0 Å². The second-order valence-corrected chi connectivity index (χ2v) is 4.64. The minimum Gasteiger partial charge on any atom is -0.449 e. The SMILES string of the molecule is Cc1nc(Oc2cccnc2)c2oc3ccccc3c2n1. The van der Waals surface area contributed by atoms with Crippen molar-refractivity contribution in [3.8, 4) is 11.6 Å². The molecule has 21 heavy (non-hydrogen) atoms. The molecule has 0 amide bonds. The zero-order valence-corrected chi connectivity index (χ0v) is 11.3. The first-order valence-corrected chi connectivity index (χ1v) is 6.55. The summed E-state index contributed by atoms with van der Waals surface area (Å²) in [5.41, 5.74) is 2.08. The Hall–Kier alpha value is -2.95. The molecule has 0 N–H and O–H groups in total. The topological polar surface area (TPSA) is 61.0 Å². The molecule has 0 fully saturated rings. The summed E-state index contributed by atoms with van der Waals surface area (Å²) in [6.07, 6.45) is 3.32. The zero-order chi connectivity index (χ0) is 14.2. The first-order valence-electron chi connectivity index (χ1n) is 6.55. The van der Waals surface area contributed by atoms with Gasteiger partial charge in [0.25, 0.3) is 5.88 Å². The lowest BCUT2D eigenvalue weighted by atomic mass is 10.2. The Balaban J connectivity index is 1.96. The molecule has 0 aliphatic carbocycles. The van der Waals surface area contributed by atoms with E-state index in [1.807, 2.05) is 37.3 Å². The standard InChI is InChI=1S/C16H11N3O2/c1-10-18-14-12-6-2-3-7-13(12)21-15(14)16(19-10)20-11-5-4-8-17-9-11/h2-9H,1H3. The number of nitrogens with zero attached hydrogens (tertiary/aromatic N) is 3. The maximum atomic E-state index is 5.84. The Labute approximate surface area is 120 Å². The lowest BCUT2D eigenvalue weighted by Crippen LogP contribution is -1.94. The summed E-state index contributed by atoms with van der Waals surface area (Å²) < 4.78 is 11.6. The van der Waals surface area contributed by atoms with Crippen LogP contribution in [0.3, 0.4) is 0 Å². The number of rotatable bonds is 2. The predicted molar refractivity (Wildman–Crippen MR) is 78.4 cm³/mol. The van der Waals surface area contributed by atoms with Crippen LogP contribution in [-0.4, -0.2) is 15.0 Å². The van der Waals surface area contributed by atoms with Crippen LogP contribution in [0.1, 0.15) is 5.82 Å². The van der Waals surface area contributed by atoms with Crippen LogP contribution in [0.25, 0.3) is 22.1 Å². The molecule has 0 bridgehead atoms. The molecule has 0 unspecified atom stereocenters. The molecule has 4 aromatic rings. The van der Waals surface area contributed by atoms with Crippen molar-refractivity contribution in [1.82, 2.24) is 15.0 Å². The van der Waals surface area contributed by atoms with Crippen LogP contribution in [0.15, 0.2) is 53.2 Å². The molecule has 0 atom stereocenters. The van der Waals surface area contributed by atoms with Crippen LogP contribution >= 0.6 is 0 Å². The van der Waals surface area contributed by atoms with Gasteiger partial charge in [-0.1, -0.05) is 12.1 Å². The third-order valence-corrected chi connectivity index (χ3v) is 3.15. The lowest BCUT2D eigenvalue weighted by molar-refractivity contribution is 0.452. The van der Waals surface area contributed by atoms with E-state index in [1.54, 1.807) is 18.5 Å². The lowest BCUT2D eigenvalue weighted by Gasteiger charge is -2.04. The predicted octanol–water partition coefficient (Wildman–Crippen LogP) is 3.87. The average Bonchev–Trinajstić information content (AvgIpc) is 2.87. The van der Waals surface area contributed by atoms with Crippen molar-refractivity contribution in [2.75, 3.05) is 0 Å². The molecule has 0 radical (unpaired) electrons. The van der Waals surface area contributed by atoms with Crippen LogP contribution < -0.4 is 4.74 Å². The largest absolute Gasteiger partial charge is 0.449 e. The third kappa shape index (κ3) is 1.99. The normalized spacial score (nSPS) is 11.1. The van der Waals surface area contributed by atoms with Gasteiger partial charge in [0.2, 0.25) is 5.58 Å². The van der Waals surface area contributed by atoms with Gasteiger partial charge in [-0.05, 0) is 31.2 Å². The van der Waals surface area contributed by atoms with Crippen LogP contribution in [0.5, 0.6) is 11.6 Å². The molecular weight excluding hydrogens is 266 g/mol. The number of fused-ring (bicyclic) bond motifs is 3. The van der Waals surface area contributed by atoms with Gasteiger partial charge in [-0.15, -0.1) is 0 Å². The summed E-state index contributed by atoms with van der Waals surface area (Å²) >= 11 is 0. The maximum absolute atomic E-state index is 5.84. The van der Waals surface area contributed by atoms with Crippen molar-refractivity contribution < 1.29 is 9.15 Å². The summed E-state index contributed by atoms with van der Waals surface area (Å²) in [5.74, 6) is 1.65. The molecule has 102 valence electrons. The summed E-state index contributed by atoms with van der Waals surface area (Å²) in [6.45, 7) is 1.83. The monoisotopic (exact) mass is 277 g/mol. The van der Waals surface area contributed by atoms with Gasteiger partial charge in [0.15, 0.2) is 0 Å². The second-order valence-electron chi connectivity index (χ2n) is 4.64. The summed E-state index contributed by atoms with van der Waals surface area (Å²) in [5, 5.41) is 0.953. The number of benzene rings is 1. The summed E-state index contributed by atoms with van der Waals surface area (Å²) in [6, 6.07) is 11.4. The van der Waals surface area contributed by atoms with E-state index in [9.17, 15) is 0 Å². The van der Waals surface area contributed by atoms with Crippen molar-refractivity contribution in [2.24, 2.45) is 0 Å². The van der Waals surface area contributed by atoms with E-state index in [0.717, 1.165) is 16.5 Å². The molecule has 4 rings (SSSR count). The van der Waals surface area contributed by atoms with Gasteiger partial charge < -0.3 is 9.15 Å². The second kappa shape index (κ2) is 4.56. The maximum Gasteiger partial charge on any atom is 0.267 e. The van der Waals surface area contributed by atoms with E-state index in [0.29, 0.717) is 23.0 Å². The minimum atomic E-state index is 0.404. The van der Waals surface area contributed by atoms with E-state index < -0.39 is 0 Å². The molecule has 5 heteroatoms. The minimum absolute atomic E-state index is 0.404. The molecular formula is C16H11N3O2. The first-order chi connectivity index (χ1) is 10.3. The number of para-hydroxylation sites is 1. The highest BCUT2D eigenvalue weighted by atomic mass is 16.5. The molecule has 0 aliphatic heterocycles. The molecule has 0 saturated heterocycles. The van der Waals surface area contributed by atoms with E-state index in [1.165, 1.54) is 0 Å². The Morgan fingerprint density at radius 1 is 1.05 bits per heavy atom. The summed E-state index contributed by atoms with van der Waals surface area (Å²) in [4.78, 5) is 12.8. The van der Waals surface area contributed by atoms with E-state index >= 15 is 0 Å². The van der Waals surface area contributed by atoms with E-state index in [4.69, 9.17) is 9.15 Å². The van der Waals surface area contributed by atoms with Crippen molar-refractivity contribution in [1.29, 1.82) is 0 Å². The fourth-order valence-electron chi connectivity index (χ4n) is 2.26. The number of ether oxygens (including phenoxy) is 1. The third-order valence-electron chi connectivity index (χ3n) is 3.15. The fraction of sp³-hybridized carbons (Fsp3) is 0.0625. The van der Waals surface area contributed by atoms with E-state index in [-0.39, 0.29) is 0 Å². The van der Waals surface area contributed by atoms with Crippen molar-refractivity contribution in [3.05, 3.63) is 54.6 Å². The first kappa shape index (κ1) is 11.8. The number of furan rings is 1. The molecule has 0 aliphatic rings. The van der Waals surface area contributed by atoms with Gasteiger partial charge in [-0.2, -0.15) is 4.98 Å². The van der Waals surface area contributed by atoms with Crippen molar-refractivity contribution in [2.45, 2.75) is 6.92 Å². The number of hydrogen-bond acceptors (Lipinski definition) is 5. The molecule has 0 spiro atoms. The Morgan fingerprint density at radius 2 is 1.95 bits per heavy atom. The molecule has 3 heterocycles. The summed E-state index contributed by atoms with van der Waals surface area (Å²) in [7, 11) is 0. The number of hydrogen-bond donors (Lipinski definition) is 0. The van der Waals surface area contributed by atoms with Crippen LogP contribution in [0, 0.1) is 6.92 Å². The molecule has 5 nitrogen and oxygen atoms in total. The zero-order valence-electron chi connectivity index (χ0n) is 11.3. The van der Waals surface area contributed by atoms with Gasteiger partial charge in [-0.3, -0.25) is 4.98 Å². The highest BCUT2D eigenvalue weighted by molar-refractivity contribution is 6.03. The number of aromatic nitrogens is 3. The molecule has 3 aromatic heterocycles. The Kier molecular flexibility index (Phi) is 2.57. The smallest absolute Gasteiger partial charge is 0.267 e. The Bertz CT molecular complexity index is 932. The molecule has 0 saturated carbocycles. The van der Waals surface area contributed by atoms with E-state index in [2.05, 4.69) is 15.0 Å². The van der Waals surface area contributed by atoms with Crippen LogP contribution in [0.2, 0.25) is 0 Å². The van der Waals surface area contributed by atoms with Gasteiger partial charge in [0, 0.05) is 11.6 Å². The highest BCUT2D eigenvalue weighted by Gasteiger charge is 2.16. The average molecular weight is 277 g/mol. The number of aryl methyl sites for hydroxylation is 1. The van der Waals surface area contributed by atoms with Gasteiger partial charge in [0.05, 0.1) is 6.20 Å². The van der Waals surface area contributed by atoms with Gasteiger partial charge >= 0.3 is 0 Å². The van der Waals surface area contributed by atoms with Crippen molar-refractivity contribution >= 4 is 22.1 Å². The Morgan fingerprint density at radius 3 is 2.81 bits per heavy atom. The van der Waals surface area contributed by atoms with Crippen molar-refractivity contribution in [3.63, 3.8) is 0 Å².